The highest BCUT2D eigenvalue weighted by atomic mass is 32.2. The molecule has 0 spiro atoms. The molecule has 8 nitrogen and oxygen atoms in total. The van der Waals surface area contributed by atoms with Gasteiger partial charge in [-0.1, -0.05) is 30.3 Å². The van der Waals surface area contributed by atoms with Gasteiger partial charge in [-0.05, 0) is 68.1 Å². The van der Waals surface area contributed by atoms with E-state index in [1.165, 1.54) is 6.07 Å². The standard InChI is InChI=1S/C27H31FN2O6S/c1-37(33,34)29-25(31)22-14-21(19-9-10-19)24(15-23(22)28)36-17-27-12-5-8-20(11-13-27)30(27)26(32)35-16-18-6-3-2-4-7-18/h2-4,6-7,14-15,19-20H,5,8-13,16-17H2,1H3,(H,29,31). The Labute approximate surface area is 216 Å². The van der Waals surface area contributed by atoms with Crippen LogP contribution in [0.3, 0.4) is 0 Å². The Morgan fingerprint density at radius 1 is 1.11 bits per heavy atom. The molecule has 3 aliphatic rings. The zero-order valence-corrected chi connectivity index (χ0v) is 21.6. The monoisotopic (exact) mass is 530 g/mol. The Kier molecular flexibility index (Phi) is 6.87. The van der Waals surface area contributed by atoms with Crippen LogP contribution in [0.5, 0.6) is 5.75 Å². The molecular formula is C27H31FN2O6S. The minimum Gasteiger partial charge on any atom is -0.491 e. The van der Waals surface area contributed by atoms with Crippen molar-refractivity contribution in [1.82, 2.24) is 9.62 Å². The van der Waals surface area contributed by atoms with Gasteiger partial charge in [0.1, 0.15) is 24.8 Å². The molecule has 1 aliphatic carbocycles. The van der Waals surface area contributed by atoms with E-state index < -0.39 is 27.3 Å². The van der Waals surface area contributed by atoms with Crippen LogP contribution in [0.4, 0.5) is 9.18 Å². The van der Waals surface area contributed by atoms with Gasteiger partial charge in [0.15, 0.2) is 0 Å². The summed E-state index contributed by atoms with van der Waals surface area (Å²) >= 11 is 0. The van der Waals surface area contributed by atoms with Crippen molar-refractivity contribution in [3.8, 4) is 5.75 Å². The number of amides is 2. The Hall–Kier alpha value is -3.14. The zero-order valence-electron chi connectivity index (χ0n) is 20.7. The van der Waals surface area contributed by atoms with Crippen molar-refractivity contribution in [2.75, 3.05) is 12.9 Å². The van der Waals surface area contributed by atoms with E-state index in [9.17, 15) is 22.4 Å². The molecule has 3 fully saturated rings. The van der Waals surface area contributed by atoms with Crippen LogP contribution in [0.2, 0.25) is 0 Å². The SMILES string of the molecule is CS(=O)(=O)NC(=O)c1cc(C2CC2)c(OCC23CCCC(CC2)N3C(=O)OCc2ccccc2)cc1F. The minimum absolute atomic E-state index is 0.0855. The van der Waals surface area contributed by atoms with Gasteiger partial charge >= 0.3 is 6.09 Å². The first kappa shape index (κ1) is 25.5. The number of rotatable bonds is 8. The van der Waals surface area contributed by atoms with Crippen LogP contribution in [0.15, 0.2) is 42.5 Å². The molecule has 2 aromatic carbocycles. The first-order valence-corrected chi connectivity index (χ1v) is 14.5. The first-order chi connectivity index (χ1) is 17.7. The lowest BCUT2D eigenvalue weighted by atomic mass is 9.89. The van der Waals surface area contributed by atoms with Crippen LogP contribution < -0.4 is 9.46 Å². The highest BCUT2D eigenvalue weighted by molar-refractivity contribution is 7.89. The summed E-state index contributed by atoms with van der Waals surface area (Å²) in [5, 5.41) is 0. The average molecular weight is 531 g/mol. The summed E-state index contributed by atoms with van der Waals surface area (Å²) in [7, 11) is -3.83. The maximum atomic E-state index is 14.9. The molecule has 2 bridgehead atoms. The number of piperidine rings is 1. The number of benzene rings is 2. The number of halogens is 1. The number of nitrogens with one attached hydrogen (secondary N) is 1. The van der Waals surface area contributed by atoms with Crippen LogP contribution in [0.1, 0.15) is 72.3 Å². The van der Waals surface area contributed by atoms with Crippen LogP contribution in [-0.4, -0.2) is 49.8 Å². The largest absolute Gasteiger partial charge is 0.491 e. The highest BCUT2D eigenvalue weighted by Crippen LogP contribution is 2.48. The summed E-state index contributed by atoms with van der Waals surface area (Å²) in [6.07, 6.45) is 6.50. The van der Waals surface area contributed by atoms with Crippen molar-refractivity contribution >= 4 is 22.0 Å². The lowest BCUT2D eigenvalue weighted by Gasteiger charge is -2.43. The summed E-state index contributed by atoms with van der Waals surface area (Å²) in [5.41, 5.74) is 0.720. The fourth-order valence-electron chi connectivity index (χ4n) is 5.62. The van der Waals surface area contributed by atoms with Gasteiger partial charge in [0.25, 0.3) is 5.91 Å². The number of nitrogens with zero attached hydrogens (tertiary/aromatic N) is 1. The average Bonchev–Trinajstić information content (AvgIpc) is 3.66. The fraction of sp³-hybridized carbons (Fsp3) is 0.481. The van der Waals surface area contributed by atoms with Crippen LogP contribution in [0.25, 0.3) is 0 Å². The van der Waals surface area contributed by atoms with Crippen LogP contribution in [-0.2, 0) is 21.4 Å². The Balaban J connectivity index is 1.34. The lowest BCUT2D eigenvalue weighted by Crippen LogP contribution is -2.56. The summed E-state index contributed by atoms with van der Waals surface area (Å²) in [6, 6.07) is 12.2. The molecule has 2 amide bonds. The molecule has 5 rings (SSSR count). The molecule has 2 heterocycles. The van der Waals surface area contributed by atoms with E-state index in [4.69, 9.17) is 9.47 Å². The predicted molar refractivity (Wildman–Crippen MR) is 134 cm³/mol. The second kappa shape index (κ2) is 9.96. The first-order valence-electron chi connectivity index (χ1n) is 12.6. The fourth-order valence-corrected chi connectivity index (χ4v) is 6.07. The molecule has 2 unspecified atom stereocenters. The van der Waals surface area contributed by atoms with E-state index in [1.54, 1.807) is 0 Å². The summed E-state index contributed by atoms with van der Waals surface area (Å²) in [5.74, 6) is -1.42. The third kappa shape index (κ3) is 5.58. The molecule has 1 saturated carbocycles. The van der Waals surface area contributed by atoms with Gasteiger partial charge in [-0.15, -0.1) is 0 Å². The smallest absolute Gasteiger partial charge is 0.410 e. The van der Waals surface area contributed by atoms with Gasteiger partial charge in [0.2, 0.25) is 10.0 Å². The van der Waals surface area contributed by atoms with E-state index in [-0.39, 0.29) is 36.8 Å². The molecule has 2 atom stereocenters. The third-order valence-electron chi connectivity index (χ3n) is 7.54. The molecule has 198 valence electrons. The van der Waals surface area contributed by atoms with Gasteiger partial charge in [0.05, 0.1) is 17.4 Å². The van der Waals surface area contributed by atoms with Crippen molar-refractivity contribution in [2.24, 2.45) is 0 Å². The number of ether oxygens (including phenoxy) is 2. The van der Waals surface area contributed by atoms with E-state index in [0.29, 0.717) is 11.3 Å². The van der Waals surface area contributed by atoms with Gasteiger partial charge in [0, 0.05) is 12.1 Å². The Morgan fingerprint density at radius 3 is 2.57 bits per heavy atom. The zero-order chi connectivity index (χ0) is 26.2. The van der Waals surface area contributed by atoms with Crippen molar-refractivity contribution in [3.63, 3.8) is 0 Å². The normalized spacial score (nSPS) is 23.0. The van der Waals surface area contributed by atoms with Crippen molar-refractivity contribution in [3.05, 3.63) is 65.0 Å². The second-order valence-corrected chi connectivity index (χ2v) is 12.1. The lowest BCUT2D eigenvalue weighted by molar-refractivity contribution is 0.00481. The molecule has 2 aliphatic heterocycles. The van der Waals surface area contributed by atoms with Crippen LogP contribution in [0, 0.1) is 5.82 Å². The third-order valence-corrected chi connectivity index (χ3v) is 8.09. The van der Waals surface area contributed by atoms with E-state index in [1.807, 2.05) is 40.0 Å². The minimum atomic E-state index is -3.83. The Bertz CT molecular complexity index is 1290. The Morgan fingerprint density at radius 2 is 1.86 bits per heavy atom. The van der Waals surface area contributed by atoms with E-state index >= 15 is 0 Å². The molecule has 0 aromatic heterocycles. The highest BCUT2D eigenvalue weighted by Gasteiger charge is 2.52. The number of hydrogen-bond acceptors (Lipinski definition) is 6. The topological polar surface area (TPSA) is 102 Å². The molecule has 2 aromatic rings. The molecule has 1 N–H and O–H groups in total. The second-order valence-electron chi connectivity index (χ2n) is 10.4. The molecule has 2 saturated heterocycles. The van der Waals surface area contributed by atoms with Crippen molar-refractivity contribution < 1.29 is 31.9 Å². The van der Waals surface area contributed by atoms with Crippen molar-refractivity contribution in [1.29, 1.82) is 0 Å². The number of hydrogen-bond donors (Lipinski definition) is 1. The van der Waals surface area contributed by atoms with Gasteiger partial charge < -0.3 is 9.47 Å². The number of carbonyl (C=O) groups excluding carboxylic acids is 2. The van der Waals surface area contributed by atoms with E-state index in [2.05, 4.69) is 0 Å². The van der Waals surface area contributed by atoms with E-state index in [0.717, 1.165) is 62.8 Å². The van der Waals surface area contributed by atoms with Crippen molar-refractivity contribution in [2.45, 2.75) is 69.1 Å². The maximum Gasteiger partial charge on any atom is 0.410 e. The van der Waals surface area contributed by atoms with Gasteiger partial charge in [-0.2, -0.15) is 0 Å². The summed E-state index contributed by atoms with van der Waals surface area (Å²) < 4.78 is 51.6. The van der Waals surface area contributed by atoms with Crippen LogP contribution >= 0.6 is 0 Å². The van der Waals surface area contributed by atoms with Gasteiger partial charge in [-0.25, -0.2) is 22.3 Å². The quantitative estimate of drug-likeness (QED) is 0.540. The molecular weight excluding hydrogens is 499 g/mol. The molecule has 0 radical (unpaired) electrons. The number of carbonyl (C=O) groups is 2. The molecule has 10 heteroatoms. The summed E-state index contributed by atoms with van der Waals surface area (Å²) in [6.45, 7) is 0.381. The predicted octanol–water partition coefficient (Wildman–Crippen LogP) is 4.50. The number of sulfonamides is 1. The summed E-state index contributed by atoms with van der Waals surface area (Å²) in [4.78, 5) is 27.4. The van der Waals surface area contributed by atoms with Gasteiger partial charge in [-0.3, -0.25) is 9.69 Å². The molecule has 37 heavy (non-hydrogen) atoms. The number of fused-ring (bicyclic) bond motifs is 2. The maximum absolute atomic E-state index is 14.9.